The van der Waals surface area contributed by atoms with Crippen molar-refractivity contribution in [1.29, 1.82) is 0 Å². The quantitative estimate of drug-likeness (QED) is 0.752. The van der Waals surface area contributed by atoms with Gasteiger partial charge < -0.3 is 10.4 Å². The van der Waals surface area contributed by atoms with E-state index in [4.69, 9.17) is 5.11 Å². The summed E-state index contributed by atoms with van der Waals surface area (Å²) in [6, 6.07) is 18.5. The molecule has 1 heterocycles. The van der Waals surface area contributed by atoms with Gasteiger partial charge in [-0.3, -0.25) is 4.98 Å². The van der Waals surface area contributed by atoms with Crippen molar-refractivity contribution in [1.82, 2.24) is 4.98 Å². The summed E-state index contributed by atoms with van der Waals surface area (Å²) in [5.74, 6) is 0. The van der Waals surface area contributed by atoms with Crippen LogP contribution in [-0.2, 0) is 13.0 Å². The summed E-state index contributed by atoms with van der Waals surface area (Å²) in [6.07, 6.45) is 2.52. The average molecular weight is 278 g/mol. The van der Waals surface area contributed by atoms with Crippen LogP contribution in [0.3, 0.4) is 0 Å². The normalized spacial score (nSPS) is 10.7. The third-order valence-corrected chi connectivity index (χ3v) is 3.52. The zero-order chi connectivity index (χ0) is 14.5. The number of aliphatic hydroxyl groups is 1. The molecule has 0 spiro atoms. The molecule has 106 valence electrons. The highest BCUT2D eigenvalue weighted by molar-refractivity contribution is 5.78. The predicted octanol–water partition coefficient (Wildman–Crippen LogP) is 3.38. The van der Waals surface area contributed by atoms with Gasteiger partial charge in [0.15, 0.2) is 0 Å². The molecule has 3 nitrogen and oxygen atoms in total. The lowest BCUT2D eigenvalue weighted by atomic mass is 10.1. The van der Waals surface area contributed by atoms with Crippen LogP contribution in [0, 0.1) is 0 Å². The van der Waals surface area contributed by atoms with E-state index in [-0.39, 0.29) is 6.61 Å². The van der Waals surface area contributed by atoms with E-state index in [1.807, 2.05) is 36.5 Å². The van der Waals surface area contributed by atoms with E-state index in [1.54, 1.807) is 0 Å². The molecule has 21 heavy (non-hydrogen) atoms. The van der Waals surface area contributed by atoms with Crippen molar-refractivity contribution in [3.63, 3.8) is 0 Å². The molecule has 0 unspecified atom stereocenters. The predicted molar refractivity (Wildman–Crippen MR) is 86.3 cm³/mol. The summed E-state index contributed by atoms with van der Waals surface area (Å²) >= 11 is 0. The molecule has 2 aromatic carbocycles. The van der Waals surface area contributed by atoms with Crippen LogP contribution in [0.1, 0.15) is 11.1 Å². The highest BCUT2D eigenvalue weighted by Crippen LogP contribution is 2.15. The molecule has 0 saturated heterocycles. The zero-order valence-corrected chi connectivity index (χ0v) is 11.8. The smallest absolute Gasteiger partial charge is 0.0702 e. The monoisotopic (exact) mass is 278 g/mol. The first kappa shape index (κ1) is 13.6. The topological polar surface area (TPSA) is 45.1 Å². The third kappa shape index (κ3) is 3.38. The van der Waals surface area contributed by atoms with Gasteiger partial charge in [-0.1, -0.05) is 24.3 Å². The van der Waals surface area contributed by atoms with Crippen molar-refractivity contribution in [2.24, 2.45) is 0 Å². The Kier molecular flexibility index (Phi) is 4.12. The van der Waals surface area contributed by atoms with E-state index >= 15 is 0 Å². The molecule has 0 amide bonds. The number of fused-ring (bicyclic) bond motifs is 1. The Morgan fingerprint density at radius 2 is 1.76 bits per heavy atom. The van der Waals surface area contributed by atoms with Crippen molar-refractivity contribution in [2.75, 3.05) is 11.9 Å². The maximum absolute atomic E-state index is 8.91. The van der Waals surface area contributed by atoms with Crippen molar-refractivity contribution >= 4 is 16.6 Å². The maximum Gasteiger partial charge on any atom is 0.0702 e. The fourth-order valence-corrected chi connectivity index (χ4v) is 2.36. The summed E-state index contributed by atoms with van der Waals surface area (Å²) in [6.45, 7) is 0.974. The van der Waals surface area contributed by atoms with Crippen molar-refractivity contribution < 1.29 is 5.11 Å². The molecule has 2 N–H and O–H groups in total. The minimum atomic E-state index is 0.192. The SMILES string of the molecule is OCCc1ccc(NCc2ccc3ncccc3c2)cc1. The van der Waals surface area contributed by atoms with Crippen molar-refractivity contribution in [2.45, 2.75) is 13.0 Å². The van der Waals surface area contributed by atoms with Crippen LogP contribution >= 0.6 is 0 Å². The number of hydrogen-bond acceptors (Lipinski definition) is 3. The van der Waals surface area contributed by atoms with Gasteiger partial charge in [-0.2, -0.15) is 0 Å². The van der Waals surface area contributed by atoms with Gasteiger partial charge in [-0.15, -0.1) is 0 Å². The summed E-state index contributed by atoms with van der Waals surface area (Å²) in [5.41, 5.74) is 4.49. The summed E-state index contributed by atoms with van der Waals surface area (Å²) in [4.78, 5) is 4.33. The van der Waals surface area contributed by atoms with Crippen molar-refractivity contribution in [3.8, 4) is 0 Å². The van der Waals surface area contributed by atoms with E-state index in [1.165, 1.54) is 5.56 Å². The molecule has 3 heteroatoms. The second-order valence-corrected chi connectivity index (χ2v) is 5.05. The Hall–Kier alpha value is -2.39. The standard InChI is InChI=1S/C18H18N2O/c21-11-9-14-3-6-17(7-4-14)20-13-15-5-8-18-16(12-15)2-1-10-19-18/h1-8,10,12,20-21H,9,11,13H2. The molecular weight excluding hydrogens is 260 g/mol. The molecule has 0 radical (unpaired) electrons. The van der Waals surface area contributed by atoms with Crippen LogP contribution in [-0.4, -0.2) is 16.7 Å². The second-order valence-electron chi connectivity index (χ2n) is 5.05. The lowest BCUT2D eigenvalue weighted by molar-refractivity contribution is 0.299. The fourth-order valence-electron chi connectivity index (χ4n) is 2.36. The second kappa shape index (κ2) is 6.37. The number of anilines is 1. The third-order valence-electron chi connectivity index (χ3n) is 3.52. The number of benzene rings is 2. The molecule has 0 aliphatic rings. The first-order valence-corrected chi connectivity index (χ1v) is 7.12. The maximum atomic E-state index is 8.91. The van der Waals surface area contributed by atoms with Crippen LogP contribution in [0.5, 0.6) is 0 Å². The molecule has 0 fully saturated rings. The Labute approximate surface area is 124 Å². The molecule has 0 atom stereocenters. The van der Waals surface area contributed by atoms with Gasteiger partial charge in [-0.25, -0.2) is 0 Å². The first-order chi connectivity index (χ1) is 10.3. The first-order valence-electron chi connectivity index (χ1n) is 7.12. The Balaban J connectivity index is 1.68. The summed E-state index contributed by atoms with van der Waals surface area (Å²) in [7, 11) is 0. The van der Waals surface area contributed by atoms with Gasteiger partial charge in [0.25, 0.3) is 0 Å². The van der Waals surface area contributed by atoms with Gasteiger partial charge in [0.05, 0.1) is 5.52 Å². The van der Waals surface area contributed by atoms with Gasteiger partial charge in [0.2, 0.25) is 0 Å². The van der Waals surface area contributed by atoms with E-state index in [0.29, 0.717) is 6.42 Å². The highest BCUT2D eigenvalue weighted by atomic mass is 16.2. The minimum Gasteiger partial charge on any atom is -0.396 e. The molecule has 0 saturated carbocycles. The van der Waals surface area contributed by atoms with Crippen LogP contribution in [0.15, 0.2) is 60.8 Å². The van der Waals surface area contributed by atoms with E-state index in [9.17, 15) is 0 Å². The summed E-state index contributed by atoms with van der Waals surface area (Å²) in [5, 5.41) is 13.5. The van der Waals surface area contributed by atoms with Crippen LogP contribution in [0.4, 0.5) is 5.69 Å². The van der Waals surface area contributed by atoms with Crippen LogP contribution < -0.4 is 5.32 Å². The van der Waals surface area contributed by atoms with E-state index < -0.39 is 0 Å². The van der Waals surface area contributed by atoms with Gasteiger partial charge in [-0.05, 0) is 47.9 Å². The Morgan fingerprint density at radius 1 is 0.952 bits per heavy atom. The van der Waals surface area contributed by atoms with Crippen LogP contribution in [0.25, 0.3) is 10.9 Å². The number of rotatable bonds is 5. The molecule has 1 aromatic heterocycles. The number of aliphatic hydroxyl groups excluding tert-OH is 1. The average Bonchev–Trinajstić information content (AvgIpc) is 2.54. The molecule has 3 rings (SSSR count). The largest absolute Gasteiger partial charge is 0.396 e. The lowest BCUT2D eigenvalue weighted by Gasteiger charge is -2.08. The molecule has 0 aliphatic heterocycles. The number of hydrogen-bond donors (Lipinski definition) is 2. The Bertz CT molecular complexity index is 723. The molecular formula is C18H18N2O. The van der Waals surface area contributed by atoms with Gasteiger partial charge in [0, 0.05) is 30.4 Å². The lowest BCUT2D eigenvalue weighted by Crippen LogP contribution is -1.99. The zero-order valence-electron chi connectivity index (χ0n) is 11.8. The van der Waals surface area contributed by atoms with Crippen molar-refractivity contribution in [3.05, 3.63) is 71.9 Å². The van der Waals surface area contributed by atoms with E-state index in [0.717, 1.165) is 28.7 Å². The van der Waals surface area contributed by atoms with Gasteiger partial charge in [0.1, 0.15) is 0 Å². The van der Waals surface area contributed by atoms with E-state index in [2.05, 4.69) is 34.6 Å². The fraction of sp³-hybridized carbons (Fsp3) is 0.167. The van der Waals surface area contributed by atoms with Gasteiger partial charge >= 0.3 is 0 Å². The molecule has 3 aromatic rings. The highest BCUT2D eigenvalue weighted by Gasteiger charge is 1.98. The number of nitrogens with one attached hydrogen (secondary N) is 1. The number of pyridine rings is 1. The number of aromatic nitrogens is 1. The molecule has 0 bridgehead atoms. The number of nitrogens with zero attached hydrogens (tertiary/aromatic N) is 1. The summed E-state index contributed by atoms with van der Waals surface area (Å²) < 4.78 is 0. The Morgan fingerprint density at radius 3 is 2.57 bits per heavy atom. The molecule has 0 aliphatic carbocycles. The minimum absolute atomic E-state index is 0.192. The van der Waals surface area contributed by atoms with Crippen LogP contribution in [0.2, 0.25) is 0 Å².